The van der Waals surface area contributed by atoms with Crippen molar-refractivity contribution in [2.45, 2.75) is 39.2 Å². The fourth-order valence-corrected chi connectivity index (χ4v) is 3.03. The molecule has 2 heterocycles. The van der Waals surface area contributed by atoms with Gasteiger partial charge in [0, 0.05) is 30.7 Å². The van der Waals surface area contributed by atoms with Gasteiger partial charge in [-0.2, -0.15) is 0 Å². The Morgan fingerprint density at radius 2 is 2.12 bits per heavy atom. The summed E-state index contributed by atoms with van der Waals surface area (Å²) in [6.07, 6.45) is 3.41. The van der Waals surface area contributed by atoms with E-state index in [2.05, 4.69) is 24.1 Å². The van der Waals surface area contributed by atoms with Crippen LogP contribution in [0.5, 0.6) is 0 Å². The van der Waals surface area contributed by atoms with Gasteiger partial charge in [0.1, 0.15) is 0 Å². The molecule has 0 aliphatic carbocycles. The Hall–Kier alpha value is -0.450. The number of ether oxygens (including phenoxy) is 1. The standard InChI is InChI=1S/C12H20N2OS/c1-9-12(16-10(2)14-9)3-6-13-11-4-7-15-8-5-11/h11,13H,3-8H2,1-2H3. The highest BCUT2D eigenvalue weighted by atomic mass is 32.1. The Labute approximate surface area is 101 Å². The lowest BCUT2D eigenvalue weighted by molar-refractivity contribution is 0.0782. The zero-order chi connectivity index (χ0) is 11.4. The van der Waals surface area contributed by atoms with E-state index in [0.717, 1.165) is 39.0 Å². The summed E-state index contributed by atoms with van der Waals surface area (Å²) in [7, 11) is 0. The zero-order valence-electron chi connectivity index (χ0n) is 10.1. The summed E-state index contributed by atoms with van der Waals surface area (Å²) in [5.74, 6) is 0. The lowest BCUT2D eigenvalue weighted by Gasteiger charge is -2.23. The van der Waals surface area contributed by atoms with Crippen molar-refractivity contribution in [3.05, 3.63) is 15.6 Å². The third kappa shape index (κ3) is 3.27. The van der Waals surface area contributed by atoms with Crippen molar-refractivity contribution in [3.63, 3.8) is 0 Å². The monoisotopic (exact) mass is 240 g/mol. The van der Waals surface area contributed by atoms with Crippen LogP contribution in [0.25, 0.3) is 0 Å². The van der Waals surface area contributed by atoms with Crippen molar-refractivity contribution in [2.24, 2.45) is 0 Å². The summed E-state index contributed by atoms with van der Waals surface area (Å²) >= 11 is 1.83. The van der Waals surface area contributed by atoms with Crippen molar-refractivity contribution in [1.29, 1.82) is 0 Å². The number of aromatic nitrogens is 1. The minimum Gasteiger partial charge on any atom is -0.381 e. The Kier molecular flexibility index (Phi) is 4.32. The third-order valence-electron chi connectivity index (χ3n) is 3.01. The van der Waals surface area contributed by atoms with E-state index in [-0.39, 0.29) is 0 Å². The lowest BCUT2D eigenvalue weighted by atomic mass is 10.1. The maximum atomic E-state index is 5.34. The molecular formula is C12H20N2OS. The molecule has 1 N–H and O–H groups in total. The first-order chi connectivity index (χ1) is 7.75. The van der Waals surface area contributed by atoms with E-state index in [1.807, 2.05) is 11.3 Å². The predicted molar refractivity (Wildman–Crippen MR) is 67.1 cm³/mol. The van der Waals surface area contributed by atoms with Gasteiger partial charge in [-0.15, -0.1) is 11.3 Å². The highest BCUT2D eigenvalue weighted by Crippen LogP contribution is 2.17. The highest BCUT2D eigenvalue weighted by molar-refractivity contribution is 7.11. The Bertz CT molecular complexity index is 332. The predicted octanol–water partition coefficient (Wildman–Crippen LogP) is 2.07. The molecule has 4 heteroatoms. The Morgan fingerprint density at radius 3 is 2.75 bits per heavy atom. The fourth-order valence-electron chi connectivity index (χ4n) is 2.10. The van der Waals surface area contributed by atoms with Crippen LogP contribution < -0.4 is 5.32 Å². The molecule has 1 saturated heterocycles. The van der Waals surface area contributed by atoms with Crippen LogP contribution >= 0.6 is 11.3 Å². The minimum absolute atomic E-state index is 0.656. The molecule has 1 aromatic rings. The third-order valence-corrected chi connectivity index (χ3v) is 4.14. The first kappa shape index (κ1) is 12.0. The van der Waals surface area contributed by atoms with E-state index in [4.69, 9.17) is 4.74 Å². The first-order valence-corrected chi connectivity index (χ1v) is 6.81. The molecule has 16 heavy (non-hydrogen) atoms. The van der Waals surface area contributed by atoms with Gasteiger partial charge >= 0.3 is 0 Å². The molecule has 0 unspecified atom stereocenters. The number of hydrogen-bond donors (Lipinski definition) is 1. The maximum Gasteiger partial charge on any atom is 0.0900 e. The second-order valence-electron chi connectivity index (χ2n) is 4.33. The first-order valence-electron chi connectivity index (χ1n) is 6.00. The summed E-state index contributed by atoms with van der Waals surface area (Å²) in [4.78, 5) is 5.88. The summed E-state index contributed by atoms with van der Waals surface area (Å²) < 4.78 is 5.34. The molecule has 1 aliphatic rings. The molecule has 0 bridgehead atoms. The van der Waals surface area contributed by atoms with Crippen LogP contribution in [-0.2, 0) is 11.2 Å². The van der Waals surface area contributed by atoms with Crippen LogP contribution in [0.15, 0.2) is 0 Å². The molecule has 0 radical (unpaired) electrons. The molecule has 0 atom stereocenters. The van der Waals surface area contributed by atoms with Gasteiger partial charge in [0.25, 0.3) is 0 Å². The van der Waals surface area contributed by atoms with E-state index in [1.165, 1.54) is 15.6 Å². The van der Waals surface area contributed by atoms with Gasteiger partial charge in [0.05, 0.1) is 10.7 Å². The number of aryl methyl sites for hydroxylation is 2. The van der Waals surface area contributed by atoms with Crippen LogP contribution in [0, 0.1) is 13.8 Å². The minimum atomic E-state index is 0.656. The van der Waals surface area contributed by atoms with Crippen molar-refractivity contribution in [1.82, 2.24) is 10.3 Å². The van der Waals surface area contributed by atoms with E-state index < -0.39 is 0 Å². The van der Waals surface area contributed by atoms with Crippen LogP contribution in [-0.4, -0.2) is 30.8 Å². The highest BCUT2D eigenvalue weighted by Gasteiger charge is 2.13. The van der Waals surface area contributed by atoms with Gasteiger partial charge in [-0.3, -0.25) is 0 Å². The number of nitrogens with zero attached hydrogens (tertiary/aromatic N) is 1. The van der Waals surface area contributed by atoms with E-state index in [0.29, 0.717) is 6.04 Å². The van der Waals surface area contributed by atoms with Gasteiger partial charge < -0.3 is 10.1 Å². The molecule has 1 aromatic heterocycles. The topological polar surface area (TPSA) is 34.2 Å². The lowest BCUT2D eigenvalue weighted by Crippen LogP contribution is -2.35. The molecular weight excluding hydrogens is 220 g/mol. The van der Waals surface area contributed by atoms with Gasteiger partial charge in [-0.25, -0.2) is 4.98 Å². The van der Waals surface area contributed by atoms with Crippen LogP contribution in [0.1, 0.15) is 28.4 Å². The van der Waals surface area contributed by atoms with Gasteiger partial charge in [0.2, 0.25) is 0 Å². The summed E-state index contributed by atoms with van der Waals surface area (Å²) in [5, 5.41) is 4.78. The SMILES string of the molecule is Cc1nc(C)c(CCNC2CCOCC2)s1. The van der Waals surface area contributed by atoms with E-state index in [9.17, 15) is 0 Å². The smallest absolute Gasteiger partial charge is 0.0900 e. The van der Waals surface area contributed by atoms with Crippen LogP contribution in [0.4, 0.5) is 0 Å². The largest absolute Gasteiger partial charge is 0.381 e. The number of nitrogens with one attached hydrogen (secondary N) is 1. The normalized spacial score (nSPS) is 17.9. The van der Waals surface area contributed by atoms with E-state index >= 15 is 0 Å². The summed E-state index contributed by atoms with van der Waals surface area (Å²) in [5.41, 5.74) is 1.20. The molecule has 0 spiro atoms. The second kappa shape index (κ2) is 5.75. The van der Waals surface area contributed by atoms with Crippen molar-refractivity contribution in [3.8, 4) is 0 Å². The molecule has 3 nitrogen and oxygen atoms in total. The van der Waals surface area contributed by atoms with Crippen molar-refractivity contribution < 1.29 is 4.74 Å². The molecule has 1 aliphatic heterocycles. The molecule has 0 saturated carbocycles. The molecule has 0 aromatic carbocycles. The van der Waals surface area contributed by atoms with Gasteiger partial charge in [-0.1, -0.05) is 0 Å². The fraction of sp³-hybridized carbons (Fsp3) is 0.750. The molecule has 1 fully saturated rings. The van der Waals surface area contributed by atoms with Crippen molar-refractivity contribution in [2.75, 3.05) is 19.8 Å². The quantitative estimate of drug-likeness (QED) is 0.875. The van der Waals surface area contributed by atoms with Crippen LogP contribution in [0.3, 0.4) is 0 Å². The van der Waals surface area contributed by atoms with E-state index in [1.54, 1.807) is 0 Å². The summed E-state index contributed by atoms with van der Waals surface area (Å²) in [6.45, 7) is 7.07. The molecule has 0 amide bonds. The average molecular weight is 240 g/mol. The summed E-state index contributed by atoms with van der Waals surface area (Å²) in [6, 6.07) is 0.656. The van der Waals surface area contributed by atoms with Gasteiger partial charge in [0.15, 0.2) is 0 Å². The second-order valence-corrected chi connectivity index (χ2v) is 5.62. The number of rotatable bonds is 4. The maximum absolute atomic E-state index is 5.34. The Morgan fingerprint density at radius 1 is 1.38 bits per heavy atom. The Balaban J connectivity index is 1.73. The van der Waals surface area contributed by atoms with Crippen LogP contribution in [0.2, 0.25) is 0 Å². The number of thiazole rings is 1. The average Bonchev–Trinajstić information content (AvgIpc) is 2.59. The van der Waals surface area contributed by atoms with Gasteiger partial charge in [-0.05, 0) is 33.1 Å². The molecule has 2 rings (SSSR count). The van der Waals surface area contributed by atoms with Crippen molar-refractivity contribution >= 4 is 11.3 Å². The number of hydrogen-bond acceptors (Lipinski definition) is 4. The molecule has 90 valence electrons. The zero-order valence-corrected chi connectivity index (χ0v) is 10.9.